The molecule has 2 aromatic rings. The van der Waals surface area contributed by atoms with E-state index in [9.17, 15) is 9.59 Å². The topological polar surface area (TPSA) is 59.2 Å². The summed E-state index contributed by atoms with van der Waals surface area (Å²) in [4.78, 5) is 27.4. The van der Waals surface area contributed by atoms with Crippen LogP contribution in [0.1, 0.15) is 46.6 Å². The molecule has 0 saturated heterocycles. The van der Waals surface area contributed by atoms with Crippen LogP contribution < -0.4 is 5.56 Å². The number of rotatable bonds is 5. The Hall–Kier alpha value is -2.27. The van der Waals surface area contributed by atoms with Crippen molar-refractivity contribution in [1.82, 2.24) is 4.98 Å². The van der Waals surface area contributed by atoms with Crippen molar-refractivity contribution in [2.45, 2.75) is 27.2 Å². The lowest BCUT2D eigenvalue weighted by molar-refractivity contribution is 0.0524. The van der Waals surface area contributed by atoms with Gasteiger partial charge in [0.15, 0.2) is 0 Å². The second-order valence-corrected chi connectivity index (χ2v) is 5.58. The fraction of sp³-hybridized carbons (Fsp3) is 0.278. The quantitative estimate of drug-likeness (QED) is 0.520. The molecule has 120 valence electrons. The van der Waals surface area contributed by atoms with E-state index in [-0.39, 0.29) is 12.2 Å². The van der Waals surface area contributed by atoms with E-state index in [0.717, 1.165) is 11.1 Å². The van der Waals surface area contributed by atoms with Gasteiger partial charge >= 0.3 is 5.97 Å². The molecule has 0 bridgehead atoms. The first-order chi connectivity index (χ1) is 11.0. The largest absolute Gasteiger partial charge is 0.462 e. The molecule has 0 radical (unpaired) electrons. The lowest BCUT2D eigenvalue weighted by Crippen LogP contribution is -2.23. The van der Waals surface area contributed by atoms with E-state index in [1.807, 2.05) is 38.1 Å². The zero-order valence-corrected chi connectivity index (χ0v) is 14.3. The molecule has 2 rings (SSSR count). The van der Waals surface area contributed by atoms with Crippen molar-refractivity contribution in [2.75, 3.05) is 6.61 Å². The number of ether oxygens (including phenoxy) is 1. The molecule has 1 aromatic heterocycles. The molecule has 0 saturated carbocycles. The van der Waals surface area contributed by atoms with Gasteiger partial charge in [-0.3, -0.25) is 4.79 Å². The monoisotopic (exact) mass is 329 g/mol. The first kappa shape index (κ1) is 17.1. The second-order valence-electron chi connectivity index (χ2n) is 5.17. The number of carbonyl (C=O) groups excluding carboxylic acids is 1. The smallest absolute Gasteiger partial charge is 0.343 e. The van der Waals surface area contributed by atoms with Crippen molar-refractivity contribution in [1.29, 1.82) is 0 Å². The minimum atomic E-state index is -0.635. The summed E-state index contributed by atoms with van der Waals surface area (Å²) in [6, 6.07) is 9.37. The van der Waals surface area contributed by atoms with Crippen LogP contribution in [-0.4, -0.2) is 22.4 Å². The lowest BCUT2D eigenvalue weighted by Gasteiger charge is -2.11. The number of nitrogens with one attached hydrogen (secondary N) is 1. The van der Waals surface area contributed by atoms with Crippen LogP contribution in [0, 0.1) is 6.92 Å². The van der Waals surface area contributed by atoms with Gasteiger partial charge in [0, 0.05) is 11.3 Å². The van der Waals surface area contributed by atoms with Gasteiger partial charge in [0.1, 0.15) is 5.56 Å². The highest BCUT2D eigenvalue weighted by atomic mass is 32.1. The molecule has 0 aliphatic carbocycles. The zero-order valence-electron chi connectivity index (χ0n) is 13.4. The van der Waals surface area contributed by atoms with Gasteiger partial charge in [-0.2, -0.15) is 0 Å². The van der Waals surface area contributed by atoms with Gasteiger partial charge in [0.25, 0.3) is 5.56 Å². The summed E-state index contributed by atoms with van der Waals surface area (Å²) in [5.41, 5.74) is 2.95. The van der Waals surface area contributed by atoms with Crippen LogP contribution in [0.25, 0.3) is 0 Å². The van der Waals surface area contributed by atoms with E-state index >= 15 is 0 Å². The zero-order chi connectivity index (χ0) is 17.0. The minimum Gasteiger partial charge on any atom is -0.462 e. The van der Waals surface area contributed by atoms with Crippen molar-refractivity contribution >= 4 is 23.1 Å². The first-order valence-electron chi connectivity index (χ1n) is 7.52. The van der Waals surface area contributed by atoms with E-state index in [4.69, 9.17) is 17.0 Å². The Bertz CT molecular complexity index is 791. The average Bonchev–Trinajstić information content (AvgIpc) is 2.54. The normalized spacial score (nSPS) is 10.4. The summed E-state index contributed by atoms with van der Waals surface area (Å²) < 4.78 is 4.94. The number of aromatic nitrogens is 1. The third-order valence-corrected chi connectivity index (χ3v) is 3.99. The number of pyridine rings is 1. The predicted molar refractivity (Wildman–Crippen MR) is 94.4 cm³/mol. The van der Waals surface area contributed by atoms with Crippen LogP contribution in [0.4, 0.5) is 0 Å². The SMILES string of the molecule is CCOC(=O)c1cc(C(=S)c2ccc(C)cc2)c(CC)[nH]c1=O. The highest BCUT2D eigenvalue weighted by Crippen LogP contribution is 2.16. The predicted octanol–water partition coefficient (Wildman–Crippen LogP) is 3.19. The molecule has 1 aromatic carbocycles. The van der Waals surface area contributed by atoms with Gasteiger partial charge in [-0.15, -0.1) is 0 Å². The standard InChI is InChI=1S/C18H19NO3S/c1-4-15-13(16(23)12-8-6-11(3)7-9-12)10-14(17(20)19-15)18(21)22-5-2/h6-10H,4-5H2,1-3H3,(H,19,20). The van der Waals surface area contributed by atoms with E-state index in [1.54, 1.807) is 6.92 Å². The van der Waals surface area contributed by atoms with E-state index in [1.165, 1.54) is 6.07 Å². The molecule has 0 spiro atoms. The van der Waals surface area contributed by atoms with E-state index < -0.39 is 11.5 Å². The van der Waals surface area contributed by atoms with Gasteiger partial charge in [0.2, 0.25) is 0 Å². The summed E-state index contributed by atoms with van der Waals surface area (Å²) in [5, 5.41) is 0. The summed E-state index contributed by atoms with van der Waals surface area (Å²) in [7, 11) is 0. The molecule has 1 heterocycles. The third-order valence-electron chi connectivity index (χ3n) is 3.53. The van der Waals surface area contributed by atoms with Crippen molar-refractivity contribution in [3.8, 4) is 0 Å². The van der Waals surface area contributed by atoms with E-state index in [0.29, 0.717) is 22.5 Å². The number of H-pyrrole nitrogens is 1. The van der Waals surface area contributed by atoms with Crippen LogP contribution >= 0.6 is 12.2 Å². The maximum atomic E-state index is 12.1. The first-order valence-corrected chi connectivity index (χ1v) is 7.93. The summed E-state index contributed by atoms with van der Waals surface area (Å²) in [5.74, 6) is -0.635. The number of aromatic amines is 1. The van der Waals surface area contributed by atoms with Gasteiger partial charge in [-0.05, 0) is 31.9 Å². The Morgan fingerprint density at radius 3 is 2.39 bits per heavy atom. The van der Waals surface area contributed by atoms with Crippen molar-refractivity contribution in [3.05, 3.63) is 68.6 Å². The van der Waals surface area contributed by atoms with Crippen LogP contribution in [-0.2, 0) is 11.2 Å². The van der Waals surface area contributed by atoms with Crippen LogP contribution in [0.5, 0.6) is 0 Å². The van der Waals surface area contributed by atoms with Gasteiger partial charge in [0.05, 0.1) is 11.5 Å². The van der Waals surface area contributed by atoms with Crippen LogP contribution in [0.15, 0.2) is 35.1 Å². The summed E-state index contributed by atoms with van der Waals surface area (Å²) in [6.45, 7) is 5.84. The third kappa shape index (κ3) is 3.74. The fourth-order valence-corrected chi connectivity index (χ4v) is 2.59. The number of carbonyl (C=O) groups is 1. The number of aryl methyl sites for hydroxylation is 2. The van der Waals surface area contributed by atoms with Crippen molar-refractivity contribution in [2.24, 2.45) is 0 Å². The molecule has 5 heteroatoms. The highest BCUT2D eigenvalue weighted by molar-refractivity contribution is 7.81. The van der Waals surface area contributed by atoms with Crippen LogP contribution in [0.2, 0.25) is 0 Å². The number of hydrogen-bond acceptors (Lipinski definition) is 4. The summed E-state index contributed by atoms with van der Waals surface area (Å²) >= 11 is 5.56. The Morgan fingerprint density at radius 2 is 1.83 bits per heavy atom. The molecule has 0 unspecified atom stereocenters. The van der Waals surface area contributed by atoms with E-state index in [2.05, 4.69) is 4.98 Å². The van der Waals surface area contributed by atoms with Gasteiger partial charge < -0.3 is 9.72 Å². The molecule has 4 nitrogen and oxygen atoms in total. The van der Waals surface area contributed by atoms with Crippen LogP contribution in [0.3, 0.4) is 0 Å². The Kier molecular flexibility index (Phi) is 5.45. The number of thiocarbonyl (C=S) groups is 1. The van der Waals surface area contributed by atoms with Gasteiger partial charge in [-0.25, -0.2) is 4.79 Å². The summed E-state index contributed by atoms with van der Waals surface area (Å²) in [6.07, 6.45) is 0.611. The Balaban J connectivity index is 2.53. The van der Waals surface area contributed by atoms with Gasteiger partial charge in [-0.1, -0.05) is 49.0 Å². The maximum Gasteiger partial charge on any atom is 0.343 e. The molecule has 0 amide bonds. The average molecular weight is 329 g/mol. The molecule has 0 fully saturated rings. The number of hydrogen-bond donors (Lipinski definition) is 1. The molecule has 1 N–H and O–H groups in total. The highest BCUT2D eigenvalue weighted by Gasteiger charge is 2.18. The molecular formula is C18H19NO3S. The Morgan fingerprint density at radius 1 is 1.17 bits per heavy atom. The van der Waals surface area contributed by atoms with Crippen molar-refractivity contribution in [3.63, 3.8) is 0 Å². The number of esters is 1. The molecule has 0 aliphatic rings. The van der Waals surface area contributed by atoms with Crippen molar-refractivity contribution < 1.29 is 9.53 Å². The minimum absolute atomic E-state index is 0.0199. The fourth-order valence-electron chi connectivity index (χ4n) is 2.27. The second kappa shape index (κ2) is 7.33. The maximum absolute atomic E-state index is 12.1. The molecule has 0 aliphatic heterocycles. The molecular weight excluding hydrogens is 310 g/mol. The number of benzene rings is 1. The molecule has 23 heavy (non-hydrogen) atoms. The lowest BCUT2D eigenvalue weighted by atomic mass is 9.99. The molecule has 0 atom stereocenters. The Labute approximate surface area is 140 Å².